The van der Waals surface area contributed by atoms with Crippen molar-refractivity contribution in [2.45, 2.75) is 20.3 Å². The van der Waals surface area contributed by atoms with Crippen molar-refractivity contribution in [3.05, 3.63) is 57.3 Å². The van der Waals surface area contributed by atoms with Crippen molar-refractivity contribution >= 4 is 21.9 Å². The highest BCUT2D eigenvalue weighted by molar-refractivity contribution is 9.10. The number of rotatable bonds is 4. The Morgan fingerprint density at radius 3 is 2.63 bits per heavy atom. The number of aromatic nitrogens is 1. The topological polar surface area (TPSA) is 42.1 Å². The van der Waals surface area contributed by atoms with Gasteiger partial charge in [-0.1, -0.05) is 28.1 Å². The van der Waals surface area contributed by atoms with Gasteiger partial charge in [0.15, 0.2) is 0 Å². The van der Waals surface area contributed by atoms with Crippen LogP contribution in [0, 0.1) is 6.92 Å². The first kappa shape index (κ1) is 13.9. The summed E-state index contributed by atoms with van der Waals surface area (Å²) in [5.41, 5.74) is 3.64. The minimum Gasteiger partial charge on any atom is -0.462 e. The lowest BCUT2D eigenvalue weighted by Crippen LogP contribution is -2.08. The summed E-state index contributed by atoms with van der Waals surface area (Å²) in [6.45, 7) is 4.09. The van der Waals surface area contributed by atoms with Gasteiger partial charge in [0.1, 0.15) is 0 Å². The predicted octanol–water partition coefficient (Wildman–Crippen LogP) is 3.85. The van der Waals surface area contributed by atoms with Crippen LogP contribution in [0.5, 0.6) is 0 Å². The molecule has 0 unspecified atom stereocenters. The Labute approximate surface area is 121 Å². The molecule has 3 nitrogen and oxygen atoms in total. The number of carbonyl (C=O) groups is 1. The summed E-state index contributed by atoms with van der Waals surface area (Å²) in [4.78, 5) is 15.0. The van der Waals surface area contributed by atoms with E-state index in [1.165, 1.54) is 0 Å². The monoisotopic (exact) mass is 321 g/mol. The molecule has 0 saturated carbocycles. The third-order valence-electron chi connectivity index (χ3n) is 2.95. The van der Waals surface area contributed by atoms with Crippen molar-refractivity contribution in [1.29, 1.82) is 0 Å². The molecule has 1 heterocycles. The predicted molar refractivity (Wildman–Crippen MR) is 78.4 cm³/mol. The molecule has 0 amide bonds. The Hall–Kier alpha value is -1.55. The Balaban J connectivity index is 2.25. The number of halogens is 1. The van der Waals surface area contributed by atoms with Crippen LogP contribution in [0.4, 0.5) is 0 Å². The van der Waals surface area contributed by atoms with E-state index >= 15 is 0 Å². The molecule has 0 aliphatic carbocycles. The zero-order chi connectivity index (χ0) is 13.8. The highest BCUT2D eigenvalue weighted by atomic mass is 79.9. The van der Waals surface area contributed by atoms with E-state index in [4.69, 9.17) is 4.74 Å². The van der Waals surface area contributed by atoms with E-state index in [1.807, 2.05) is 44.3 Å². The largest absolute Gasteiger partial charge is 0.462 e. The van der Waals surface area contributed by atoms with Gasteiger partial charge >= 0.3 is 5.97 Å². The first-order valence-corrected chi connectivity index (χ1v) is 6.99. The lowest BCUT2D eigenvalue weighted by Gasteiger charge is -2.05. The summed E-state index contributed by atoms with van der Waals surface area (Å²) in [7, 11) is 0. The smallest absolute Gasteiger partial charge is 0.340 e. The van der Waals surface area contributed by atoms with Crippen LogP contribution >= 0.6 is 15.9 Å². The molecule has 0 radical (unpaired) electrons. The molecule has 100 valence electrons. The third-order valence-corrected chi connectivity index (χ3v) is 3.48. The van der Waals surface area contributed by atoms with Gasteiger partial charge in [-0.2, -0.15) is 0 Å². The van der Waals surface area contributed by atoms with Crippen molar-refractivity contribution in [3.8, 4) is 0 Å². The zero-order valence-electron chi connectivity index (χ0n) is 11.0. The van der Waals surface area contributed by atoms with Gasteiger partial charge in [-0.05, 0) is 43.5 Å². The number of benzene rings is 1. The molecule has 1 N–H and O–H groups in total. The highest BCUT2D eigenvalue weighted by Gasteiger charge is 2.17. The van der Waals surface area contributed by atoms with Crippen LogP contribution in [0.1, 0.15) is 34.1 Å². The van der Waals surface area contributed by atoms with Crippen molar-refractivity contribution in [2.75, 3.05) is 6.61 Å². The van der Waals surface area contributed by atoms with Crippen LogP contribution in [0.15, 0.2) is 34.9 Å². The van der Waals surface area contributed by atoms with Crippen molar-refractivity contribution < 1.29 is 9.53 Å². The van der Waals surface area contributed by atoms with Crippen LogP contribution in [-0.2, 0) is 11.2 Å². The van der Waals surface area contributed by atoms with Crippen LogP contribution in [-0.4, -0.2) is 17.6 Å². The quantitative estimate of drug-likeness (QED) is 0.869. The molecule has 0 aliphatic heterocycles. The Morgan fingerprint density at radius 1 is 1.32 bits per heavy atom. The minimum atomic E-state index is -0.256. The van der Waals surface area contributed by atoms with E-state index < -0.39 is 0 Å². The number of ether oxygens (including phenoxy) is 1. The summed E-state index contributed by atoms with van der Waals surface area (Å²) < 4.78 is 6.15. The van der Waals surface area contributed by atoms with E-state index in [0.29, 0.717) is 18.6 Å². The Bertz CT molecular complexity index is 572. The Morgan fingerprint density at radius 2 is 2.00 bits per heavy atom. The molecule has 0 bridgehead atoms. The van der Waals surface area contributed by atoms with E-state index in [0.717, 1.165) is 21.3 Å². The lowest BCUT2D eigenvalue weighted by atomic mass is 10.0. The van der Waals surface area contributed by atoms with E-state index in [1.54, 1.807) is 0 Å². The molecule has 0 saturated heterocycles. The van der Waals surface area contributed by atoms with Gasteiger partial charge in [0.2, 0.25) is 0 Å². The van der Waals surface area contributed by atoms with Crippen molar-refractivity contribution in [1.82, 2.24) is 4.98 Å². The molecule has 1 aromatic heterocycles. The number of H-pyrrole nitrogens is 1. The molecular formula is C15H16BrNO2. The second-order valence-electron chi connectivity index (χ2n) is 4.34. The summed E-state index contributed by atoms with van der Waals surface area (Å²) in [5.74, 6) is -0.256. The highest BCUT2D eigenvalue weighted by Crippen LogP contribution is 2.20. The maximum atomic E-state index is 11.9. The summed E-state index contributed by atoms with van der Waals surface area (Å²) >= 11 is 3.41. The molecule has 2 aromatic rings. The molecule has 0 atom stereocenters. The number of hydrogen-bond acceptors (Lipinski definition) is 2. The van der Waals surface area contributed by atoms with Crippen LogP contribution < -0.4 is 0 Å². The fourth-order valence-electron chi connectivity index (χ4n) is 2.03. The summed E-state index contributed by atoms with van der Waals surface area (Å²) in [6, 6.07) is 8.08. The van der Waals surface area contributed by atoms with Gasteiger partial charge in [0, 0.05) is 16.4 Å². The van der Waals surface area contributed by atoms with E-state index in [-0.39, 0.29) is 5.97 Å². The SMILES string of the molecule is CCOC(=O)c1c(Cc2ccc(Br)cc2)c[nH]c1C. The summed E-state index contributed by atoms with van der Waals surface area (Å²) in [5, 5.41) is 0. The number of carbonyl (C=O) groups excluding carboxylic acids is 1. The molecule has 0 aliphatic rings. The number of aromatic amines is 1. The number of aryl methyl sites for hydroxylation is 1. The molecule has 4 heteroatoms. The maximum absolute atomic E-state index is 11.9. The zero-order valence-corrected chi connectivity index (χ0v) is 12.6. The normalized spacial score (nSPS) is 10.5. The molecule has 1 aromatic carbocycles. The third kappa shape index (κ3) is 3.26. The molecule has 0 fully saturated rings. The van der Waals surface area contributed by atoms with Crippen LogP contribution in [0.3, 0.4) is 0 Å². The maximum Gasteiger partial charge on any atom is 0.340 e. The Kier molecular flexibility index (Phi) is 4.43. The molecule has 2 rings (SSSR count). The molecule has 0 spiro atoms. The number of hydrogen-bond donors (Lipinski definition) is 1. The van der Waals surface area contributed by atoms with Crippen LogP contribution in [0.2, 0.25) is 0 Å². The van der Waals surface area contributed by atoms with Gasteiger partial charge in [0.05, 0.1) is 12.2 Å². The second-order valence-corrected chi connectivity index (χ2v) is 5.25. The second kappa shape index (κ2) is 6.06. The minimum absolute atomic E-state index is 0.256. The van der Waals surface area contributed by atoms with Gasteiger partial charge in [-0.3, -0.25) is 0 Å². The fourth-order valence-corrected chi connectivity index (χ4v) is 2.29. The average molecular weight is 322 g/mol. The molecular weight excluding hydrogens is 306 g/mol. The van der Waals surface area contributed by atoms with E-state index in [2.05, 4.69) is 20.9 Å². The standard InChI is InChI=1S/C15H16BrNO2/c1-3-19-15(18)14-10(2)17-9-12(14)8-11-4-6-13(16)7-5-11/h4-7,9,17H,3,8H2,1-2H3. The fraction of sp³-hybridized carbons (Fsp3) is 0.267. The first-order chi connectivity index (χ1) is 9.11. The lowest BCUT2D eigenvalue weighted by molar-refractivity contribution is 0.0524. The summed E-state index contributed by atoms with van der Waals surface area (Å²) in [6.07, 6.45) is 2.59. The van der Waals surface area contributed by atoms with E-state index in [9.17, 15) is 4.79 Å². The average Bonchev–Trinajstić information content (AvgIpc) is 2.74. The van der Waals surface area contributed by atoms with Gasteiger partial charge in [0.25, 0.3) is 0 Å². The van der Waals surface area contributed by atoms with Crippen LogP contribution in [0.25, 0.3) is 0 Å². The number of nitrogens with one attached hydrogen (secondary N) is 1. The van der Waals surface area contributed by atoms with Crippen molar-refractivity contribution in [2.24, 2.45) is 0 Å². The first-order valence-electron chi connectivity index (χ1n) is 6.20. The number of esters is 1. The molecule has 19 heavy (non-hydrogen) atoms. The van der Waals surface area contributed by atoms with Gasteiger partial charge in [-0.25, -0.2) is 4.79 Å². The van der Waals surface area contributed by atoms with Gasteiger partial charge in [-0.15, -0.1) is 0 Å². The van der Waals surface area contributed by atoms with Gasteiger partial charge < -0.3 is 9.72 Å². The van der Waals surface area contributed by atoms with Crippen molar-refractivity contribution in [3.63, 3.8) is 0 Å².